The van der Waals surface area contributed by atoms with Gasteiger partial charge < -0.3 is 0 Å². The van der Waals surface area contributed by atoms with Crippen molar-refractivity contribution in [1.82, 2.24) is 4.72 Å². The topological polar surface area (TPSA) is 46.2 Å². The van der Waals surface area contributed by atoms with Gasteiger partial charge in [0.25, 0.3) is 0 Å². The molecule has 1 unspecified atom stereocenters. The van der Waals surface area contributed by atoms with Crippen LogP contribution in [0.4, 0.5) is 0 Å². The second kappa shape index (κ2) is 6.64. The summed E-state index contributed by atoms with van der Waals surface area (Å²) >= 11 is 5.27. The van der Waals surface area contributed by atoms with Crippen LogP contribution in [-0.2, 0) is 10.0 Å². The van der Waals surface area contributed by atoms with E-state index in [0.717, 1.165) is 19.3 Å². The number of alkyl halides is 1. The Kier molecular flexibility index (Phi) is 6.74. The minimum atomic E-state index is -3.25. The molecule has 0 amide bonds. The molecule has 0 aromatic rings. The van der Waals surface area contributed by atoms with Crippen molar-refractivity contribution >= 4 is 21.6 Å². The Hall–Kier alpha value is 0.200. The number of rotatable bonds is 7. The highest BCUT2D eigenvalue weighted by atomic mass is 35.5. The second-order valence-corrected chi connectivity index (χ2v) is 6.41. The summed E-state index contributed by atoms with van der Waals surface area (Å²) in [6, 6.07) is -0.0162. The summed E-state index contributed by atoms with van der Waals surface area (Å²) in [5.41, 5.74) is 0. The first-order valence-electron chi connectivity index (χ1n) is 4.93. The summed E-state index contributed by atoms with van der Waals surface area (Å²) in [5.74, 6) is 0.673. The van der Waals surface area contributed by atoms with Gasteiger partial charge in [-0.05, 0) is 19.3 Å². The van der Waals surface area contributed by atoms with Gasteiger partial charge in [-0.25, -0.2) is 13.1 Å². The van der Waals surface area contributed by atoms with Crippen LogP contribution in [0.2, 0.25) is 0 Å². The van der Waals surface area contributed by atoms with Gasteiger partial charge in [0.15, 0.2) is 0 Å². The van der Waals surface area contributed by atoms with Gasteiger partial charge in [-0.3, -0.25) is 0 Å². The lowest BCUT2D eigenvalue weighted by Crippen LogP contribution is -2.33. The van der Waals surface area contributed by atoms with Crippen LogP contribution >= 0.6 is 11.6 Å². The maximum atomic E-state index is 11.1. The summed E-state index contributed by atoms with van der Waals surface area (Å²) in [4.78, 5) is 0. The third kappa shape index (κ3) is 7.59. The Bertz CT molecular complexity index is 239. The minimum Gasteiger partial charge on any atom is -0.211 e. The highest BCUT2D eigenvalue weighted by molar-refractivity contribution is 7.90. The molecule has 14 heavy (non-hydrogen) atoms. The summed E-state index contributed by atoms with van der Waals surface area (Å²) in [6.07, 6.45) is 3.05. The number of hydrogen-bond acceptors (Lipinski definition) is 2. The van der Waals surface area contributed by atoms with Crippen molar-refractivity contribution in [3.8, 4) is 0 Å². The van der Waals surface area contributed by atoms with E-state index in [1.165, 1.54) is 0 Å². The standard InChI is InChI=1S/C9H20ClNO2S/c1-8(2)5-4-6-9(3)11-14(12,13)7-10/h8-9,11H,4-7H2,1-3H3. The lowest BCUT2D eigenvalue weighted by molar-refractivity contribution is 0.489. The highest BCUT2D eigenvalue weighted by Gasteiger charge is 2.12. The summed E-state index contributed by atoms with van der Waals surface area (Å²) in [6.45, 7) is 6.19. The fourth-order valence-corrected chi connectivity index (χ4v) is 2.21. The zero-order chi connectivity index (χ0) is 11.2. The van der Waals surface area contributed by atoms with Crippen molar-refractivity contribution in [2.24, 2.45) is 5.92 Å². The van der Waals surface area contributed by atoms with Crippen LogP contribution in [0.25, 0.3) is 0 Å². The molecule has 0 radical (unpaired) electrons. The summed E-state index contributed by atoms with van der Waals surface area (Å²) in [5, 5.41) is -0.360. The van der Waals surface area contributed by atoms with Gasteiger partial charge in [-0.2, -0.15) is 0 Å². The monoisotopic (exact) mass is 241 g/mol. The maximum Gasteiger partial charge on any atom is 0.225 e. The molecule has 0 heterocycles. The van der Waals surface area contributed by atoms with Crippen LogP contribution in [0, 0.1) is 5.92 Å². The van der Waals surface area contributed by atoms with E-state index in [-0.39, 0.29) is 11.3 Å². The molecule has 0 aliphatic carbocycles. The second-order valence-electron chi connectivity index (χ2n) is 4.07. The van der Waals surface area contributed by atoms with E-state index in [4.69, 9.17) is 11.6 Å². The number of nitrogens with one attached hydrogen (secondary N) is 1. The quantitative estimate of drug-likeness (QED) is 0.696. The molecule has 0 spiro atoms. The van der Waals surface area contributed by atoms with Crippen LogP contribution in [0.15, 0.2) is 0 Å². The van der Waals surface area contributed by atoms with Crippen LogP contribution in [-0.4, -0.2) is 19.7 Å². The molecule has 0 saturated carbocycles. The van der Waals surface area contributed by atoms with Gasteiger partial charge in [0.05, 0.1) is 0 Å². The molecule has 0 aliphatic rings. The minimum absolute atomic E-state index is 0.0162. The van der Waals surface area contributed by atoms with Crippen molar-refractivity contribution in [3.63, 3.8) is 0 Å². The molecule has 86 valence electrons. The smallest absolute Gasteiger partial charge is 0.211 e. The highest BCUT2D eigenvalue weighted by Crippen LogP contribution is 2.08. The molecule has 0 fully saturated rings. The fraction of sp³-hybridized carbons (Fsp3) is 1.00. The van der Waals surface area contributed by atoms with Crippen molar-refractivity contribution in [2.45, 2.75) is 46.1 Å². The molecule has 0 rings (SSSR count). The molecule has 0 bridgehead atoms. The first-order chi connectivity index (χ1) is 6.37. The fourth-order valence-electron chi connectivity index (χ4n) is 1.23. The van der Waals surface area contributed by atoms with Crippen molar-refractivity contribution in [3.05, 3.63) is 0 Å². The largest absolute Gasteiger partial charge is 0.225 e. The first kappa shape index (κ1) is 14.2. The van der Waals surface area contributed by atoms with E-state index < -0.39 is 10.0 Å². The lowest BCUT2D eigenvalue weighted by Gasteiger charge is -2.13. The van der Waals surface area contributed by atoms with Crippen molar-refractivity contribution < 1.29 is 8.42 Å². The number of halogens is 1. The molecular formula is C9H20ClNO2S. The molecule has 0 aromatic carbocycles. The number of sulfonamides is 1. The number of hydrogen-bond donors (Lipinski definition) is 1. The van der Waals surface area contributed by atoms with Gasteiger partial charge in [0, 0.05) is 6.04 Å². The Balaban J connectivity index is 3.71. The maximum absolute atomic E-state index is 11.1. The molecular weight excluding hydrogens is 222 g/mol. The van der Waals surface area contributed by atoms with Crippen LogP contribution in [0.5, 0.6) is 0 Å². The molecule has 0 aromatic heterocycles. The molecule has 1 atom stereocenters. The zero-order valence-electron chi connectivity index (χ0n) is 9.09. The lowest BCUT2D eigenvalue weighted by atomic mass is 10.0. The van der Waals surface area contributed by atoms with E-state index in [1.54, 1.807) is 0 Å². The first-order valence-corrected chi connectivity index (χ1v) is 7.12. The van der Waals surface area contributed by atoms with E-state index in [2.05, 4.69) is 18.6 Å². The Morgan fingerprint density at radius 1 is 1.21 bits per heavy atom. The molecule has 0 aliphatic heterocycles. The van der Waals surface area contributed by atoms with E-state index >= 15 is 0 Å². The molecule has 3 nitrogen and oxygen atoms in total. The average molecular weight is 242 g/mol. The van der Waals surface area contributed by atoms with E-state index in [9.17, 15) is 8.42 Å². The summed E-state index contributed by atoms with van der Waals surface area (Å²) in [7, 11) is -3.25. The van der Waals surface area contributed by atoms with Gasteiger partial charge >= 0.3 is 0 Å². The van der Waals surface area contributed by atoms with Gasteiger partial charge in [0.2, 0.25) is 10.0 Å². The average Bonchev–Trinajstić information content (AvgIpc) is 2.02. The third-order valence-electron chi connectivity index (χ3n) is 1.94. The Labute approximate surface area is 92.3 Å². The van der Waals surface area contributed by atoms with Crippen LogP contribution in [0.3, 0.4) is 0 Å². The van der Waals surface area contributed by atoms with Gasteiger partial charge in [-0.15, -0.1) is 11.6 Å². The van der Waals surface area contributed by atoms with Crippen molar-refractivity contribution in [1.29, 1.82) is 0 Å². The van der Waals surface area contributed by atoms with Crippen LogP contribution in [0.1, 0.15) is 40.0 Å². The van der Waals surface area contributed by atoms with E-state index in [1.807, 2.05) is 6.92 Å². The predicted octanol–water partition coefficient (Wildman–Crippen LogP) is 2.32. The Morgan fingerprint density at radius 3 is 2.21 bits per heavy atom. The SMILES string of the molecule is CC(C)CCCC(C)NS(=O)(=O)CCl. The zero-order valence-corrected chi connectivity index (χ0v) is 10.7. The van der Waals surface area contributed by atoms with E-state index in [0.29, 0.717) is 5.92 Å². The van der Waals surface area contributed by atoms with Gasteiger partial charge in [0.1, 0.15) is 5.21 Å². The van der Waals surface area contributed by atoms with Crippen LogP contribution < -0.4 is 4.72 Å². The molecule has 5 heteroatoms. The Morgan fingerprint density at radius 2 is 1.79 bits per heavy atom. The molecule has 0 saturated heterocycles. The third-order valence-corrected chi connectivity index (χ3v) is 3.85. The summed E-state index contributed by atoms with van der Waals surface area (Å²) < 4.78 is 24.6. The molecule has 1 N–H and O–H groups in total. The van der Waals surface area contributed by atoms with Crippen molar-refractivity contribution in [2.75, 3.05) is 5.21 Å². The van der Waals surface area contributed by atoms with Gasteiger partial charge in [-0.1, -0.05) is 26.7 Å². The predicted molar refractivity (Wildman–Crippen MR) is 60.9 cm³/mol. The normalized spacial score (nSPS) is 14.6.